The maximum absolute atomic E-state index is 10.8. The summed E-state index contributed by atoms with van der Waals surface area (Å²) in [5.74, 6) is 1.89. The van der Waals surface area contributed by atoms with Crippen LogP contribution in [0.15, 0.2) is 29.3 Å². The van der Waals surface area contributed by atoms with Crippen LogP contribution in [-0.2, 0) is 5.72 Å². The van der Waals surface area contributed by atoms with E-state index in [4.69, 9.17) is 4.74 Å². The molecule has 0 bridgehead atoms. The number of rotatable bonds is 3. The minimum Gasteiger partial charge on any atom is -0.494 e. The summed E-state index contributed by atoms with van der Waals surface area (Å²) < 4.78 is 5.42. The lowest BCUT2D eigenvalue weighted by atomic mass is 10.0. The number of nitrogens with zero attached hydrogens (tertiary/aromatic N) is 2. The Bertz CT molecular complexity index is 469. The Hall–Kier alpha value is -1.55. The quantitative estimate of drug-likeness (QED) is 0.883. The van der Waals surface area contributed by atoms with Gasteiger partial charge in [-0.2, -0.15) is 0 Å². The molecule has 96 valence electrons. The lowest BCUT2D eigenvalue weighted by molar-refractivity contribution is -0.0511. The van der Waals surface area contributed by atoms with Gasteiger partial charge < -0.3 is 14.7 Å². The summed E-state index contributed by atoms with van der Waals surface area (Å²) in [7, 11) is 0. The van der Waals surface area contributed by atoms with E-state index in [1.54, 1.807) is 0 Å². The number of fused-ring (bicyclic) bond motifs is 1. The largest absolute Gasteiger partial charge is 0.494 e. The minimum absolute atomic E-state index is 0.441. The van der Waals surface area contributed by atoms with Crippen molar-refractivity contribution in [2.24, 2.45) is 4.99 Å². The average molecular weight is 246 g/mol. The molecule has 2 heterocycles. The fourth-order valence-electron chi connectivity index (χ4n) is 2.74. The number of amidine groups is 1. The van der Waals surface area contributed by atoms with Gasteiger partial charge in [-0.15, -0.1) is 0 Å². The van der Waals surface area contributed by atoms with Crippen LogP contribution in [-0.4, -0.2) is 35.5 Å². The van der Waals surface area contributed by atoms with Crippen molar-refractivity contribution in [2.75, 3.05) is 19.7 Å². The first kappa shape index (κ1) is 11.5. The Morgan fingerprint density at radius 2 is 2.17 bits per heavy atom. The van der Waals surface area contributed by atoms with Gasteiger partial charge in [-0.05, 0) is 25.5 Å². The van der Waals surface area contributed by atoms with Gasteiger partial charge in [0, 0.05) is 18.5 Å². The molecule has 1 atom stereocenters. The molecular formula is C14H18N2O2. The fraction of sp³-hybridized carbons (Fsp3) is 0.500. The Labute approximate surface area is 107 Å². The highest BCUT2D eigenvalue weighted by molar-refractivity contribution is 5.86. The first-order valence-corrected chi connectivity index (χ1v) is 6.51. The van der Waals surface area contributed by atoms with Crippen molar-refractivity contribution >= 4 is 5.84 Å². The van der Waals surface area contributed by atoms with Crippen molar-refractivity contribution in [2.45, 2.75) is 25.5 Å². The topological polar surface area (TPSA) is 45.1 Å². The molecule has 1 N–H and O–H groups in total. The maximum Gasteiger partial charge on any atom is 0.185 e. The number of aliphatic imine (C=N–C) groups is 1. The van der Waals surface area contributed by atoms with Gasteiger partial charge in [0.25, 0.3) is 0 Å². The second kappa shape index (κ2) is 4.28. The van der Waals surface area contributed by atoms with Crippen molar-refractivity contribution in [3.8, 4) is 5.75 Å². The number of aliphatic hydroxyl groups is 1. The van der Waals surface area contributed by atoms with Gasteiger partial charge >= 0.3 is 0 Å². The van der Waals surface area contributed by atoms with Gasteiger partial charge in [0.2, 0.25) is 0 Å². The minimum atomic E-state index is -0.948. The van der Waals surface area contributed by atoms with Crippen molar-refractivity contribution in [1.29, 1.82) is 0 Å². The molecule has 2 aliphatic rings. The molecule has 1 aromatic rings. The van der Waals surface area contributed by atoms with E-state index in [2.05, 4.69) is 4.99 Å². The monoisotopic (exact) mass is 246 g/mol. The number of hydrogen-bond acceptors (Lipinski definition) is 4. The van der Waals surface area contributed by atoms with Gasteiger partial charge in [-0.3, -0.25) is 4.99 Å². The summed E-state index contributed by atoms with van der Waals surface area (Å²) >= 11 is 0. The lowest BCUT2D eigenvalue weighted by Crippen LogP contribution is -2.44. The summed E-state index contributed by atoms with van der Waals surface area (Å²) in [5.41, 5.74) is -0.0528. The molecule has 4 heteroatoms. The number of ether oxygens (including phenoxy) is 1. The van der Waals surface area contributed by atoms with E-state index in [9.17, 15) is 5.11 Å². The zero-order valence-corrected chi connectivity index (χ0v) is 10.6. The van der Waals surface area contributed by atoms with Crippen molar-refractivity contribution in [3.05, 3.63) is 29.8 Å². The molecule has 1 unspecified atom stereocenters. The fourth-order valence-corrected chi connectivity index (χ4v) is 2.74. The second-order valence-electron chi connectivity index (χ2n) is 4.76. The van der Waals surface area contributed by atoms with Crippen LogP contribution in [0.1, 0.15) is 25.3 Å². The van der Waals surface area contributed by atoms with Crippen LogP contribution in [0.2, 0.25) is 0 Å². The third-order valence-corrected chi connectivity index (χ3v) is 3.65. The highest BCUT2D eigenvalue weighted by Crippen LogP contribution is 2.36. The molecule has 4 nitrogen and oxygen atoms in total. The SMILES string of the molecule is CCOc1ccc(C2(O)CN=C3CCCN32)cc1. The van der Waals surface area contributed by atoms with Crippen LogP contribution in [0.3, 0.4) is 0 Å². The molecule has 0 saturated carbocycles. The van der Waals surface area contributed by atoms with Crippen LogP contribution in [0.25, 0.3) is 0 Å². The predicted molar refractivity (Wildman–Crippen MR) is 69.7 cm³/mol. The van der Waals surface area contributed by atoms with Gasteiger partial charge in [-0.25, -0.2) is 0 Å². The van der Waals surface area contributed by atoms with Crippen LogP contribution in [0, 0.1) is 0 Å². The summed E-state index contributed by atoms with van der Waals surface area (Å²) in [6.07, 6.45) is 2.07. The molecule has 3 rings (SSSR count). The summed E-state index contributed by atoms with van der Waals surface area (Å²) in [6.45, 7) is 3.95. The van der Waals surface area contributed by atoms with Gasteiger partial charge in [0.1, 0.15) is 11.6 Å². The molecule has 0 radical (unpaired) electrons. The van der Waals surface area contributed by atoms with Crippen molar-refractivity contribution in [3.63, 3.8) is 0 Å². The summed E-state index contributed by atoms with van der Waals surface area (Å²) in [5, 5.41) is 10.8. The molecule has 1 fully saturated rings. The Morgan fingerprint density at radius 3 is 2.89 bits per heavy atom. The van der Waals surface area contributed by atoms with Crippen molar-refractivity contribution < 1.29 is 9.84 Å². The van der Waals surface area contributed by atoms with Crippen molar-refractivity contribution in [1.82, 2.24) is 4.90 Å². The van der Waals surface area contributed by atoms with Crippen LogP contribution < -0.4 is 4.74 Å². The lowest BCUT2D eigenvalue weighted by Gasteiger charge is -2.33. The molecule has 0 aromatic heterocycles. The van der Waals surface area contributed by atoms with E-state index >= 15 is 0 Å². The van der Waals surface area contributed by atoms with Crippen LogP contribution in [0.5, 0.6) is 5.75 Å². The van der Waals surface area contributed by atoms with E-state index in [-0.39, 0.29) is 0 Å². The molecule has 1 aromatic carbocycles. The Morgan fingerprint density at radius 1 is 1.39 bits per heavy atom. The average Bonchev–Trinajstić information content (AvgIpc) is 2.96. The van der Waals surface area contributed by atoms with E-state index < -0.39 is 5.72 Å². The molecule has 18 heavy (non-hydrogen) atoms. The summed E-state index contributed by atoms with van der Waals surface area (Å²) in [6, 6.07) is 7.68. The number of benzene rings is 1. The first-order valence-electron chi connectivity index (χ1n) is 6.51. The highest BCUT2D eigenvalue weighted by Gasteiger charge is 2.44. The Kier molecular flexibility index (Phi) is 2.74. The van der Waals surface area contributed by atoms with Crippen LogP contribution in [0.4, 0.5) is 0 Å². The summed E-state index contributed by atoms with van der Waals surface area (Å²) in [4.78, 5) is 6.48. The molecule has 1 saturated heterocycles. The predicted octanol–water partition coefficient (Wildman–Crippen LogP) is 1.74. The number of hydrogen-bond donors (Lipinski definition) is 1. The molecule has 0 spiro atoms. The molecule has 2 aliphatic heterocycles. The zero-order valence-electron chi connectivity index (χ0n) is 10.6. The third kappa shape index (κ3) is 1.68. The van der Waals surface area contributed by atoms with E-state index in [0.29, 0.717) is 13.2 Å². The molecular weight excluding hydrogens is 228 g/mol. The smallest absolute Gasteiger partial charge is 0.185 e. The normalized spacial score (nSPS) is 26.1. The zero-order chi connectivity index (χ0) is 12.6. The third-order valence-electron chi connectivity index (χ3n) is 3.65. The van der Waals surface area contributed by atoms with E-state index in [1.807, 2.05) is 36.1 Å². The van der Waals surface area contributed by atoms with Gasteiger partial charge in [0.05, 0.1) is 13.2 Å². The second-order valence-corrected chi connectivity index (χ2v) is 4.76. The van der Waals surface area contributed by atoms with Crippen LogP contribution >= 0.6 is 0 Å². The Balaban J connectivity index is 1.86. The molecule has 0 amide bonds. The highest BCUT2D eigenvalue weighted by atomic mass is 16.5. The maximum atomic E-state index is 10.8. The van der Waals surface area contributed by atoms with E-state index in [1.165, 1.54) is 0 Å². The first-order chi connectivity index (χ1) is 8.74. The van der Waals surface area contributed by atoms with Gasteiger partial charge in [0.15, 0.2) is 5.72 Å². The van der Waals surface area contributed by atoms with E-state index in [0.717, 1.165) is 36.5 Å². The van der Waals surface area contributed by atoms with Gasteiger partial charge in [-0.1, -0.05) is 12.1 Å². The standard InChI is InChI=1S/C14H18N2O2/c1-2-18-12-7-5-11(6-8-12)14(17)10-15-13-4-3-9-16(13)14/h5-8,17H,2-4,9-10H2,1H3. The molecule has 0 aliphatic carbocycles.